The number of aromatic nitrogens is 2. The molecule has 1 fully saturated rings. The molecule has 5 nitrogen and oxygen atoms in total. The molecule has 104 valence electrons. The van der Waals surface area contributed by atoms with E-state index in [4.69, 9.17) is 11.6 Å². The number of hydrogen-bond donors (Lipinski definition) is 1. The molecule has 1 unspecified atom stereocenters. The van der Waals surface area contributed by atoms with E-state index < -0.39 is 0 Å². The molecule has 1 amide bonds. The molecule has 1 aromatic carbocycles. The zero-order valence-corrected chi connectivity index (χ0v) is 11.6. The van der Waals surface area contributed by atoms with Crippen molar-refractivity contribution in [3.63, 3.8) is 0 Å². The number of nitrogens with one attached hydrogen (secondary N) is 1. The lowest BCUT2D eigenvalue weighted by Crippen LogP contribution is -2.35. The Morgan fingerprint density at radius 3 is 2.85 bits per heavy atom. The molecule has 1 N–H and O–H groups in total. The van der Waals surface area contributed by atoms with Gasteiger partial charge in [0.25, 0.3) is 5.56 Å². The van der Waals surface area contributed by atoms with Gasteiger partial charge in [0, 0.05) is 19.0 Å². The van der Waals surface area contributed by atoms with Crippen LogP contribution in [0.1, 0.15) is 18.7 Å². The van der Waals surface area contributed by atoms with Crippen LogP contribution in [0.25, 0.3) is 10.9 Å². The first kappa shape index (κ1) is 13.1. The minimum absolute atomic E-state index is 0.0230. The number of fused-ring (bicyclic) bond motifs is 1. The van der Waals surface area contributed by atoms with Crippen molar-refractivity contribution in [2.75, 3.05) is 0 Å². The van der Waals surface area contributed by atoms with Gasteiger partial charge in [-0.15, -0.1) is 11.6 Å². The zero-order chi connectivity index (χ0) is 14.1. The summed E-state index contributed by atoms with van der Waals surface area (Å²) < 4.78 is 1.58. The summed E-state index contributed by atoms with van der Waals surface area (Å²) in [5.74, 6) is 0.738. The highest BCUT2D eigenvalue weighted by atomic mass is 35.5. The normalized spacial score (nSPS) is 18.4. The van der Waals surface area contributed by atoms with Crippen LogP contribution < -0.4 is 10.9 Å². The second kappa shape index (κ2) is 5.25. The fourth-order valence-corrected chi connectivity index (χ4v) is 2.74. The van der Waals surface area contributed by atoms with Crippen molar-refractivity contribution in [3.05, 3.63) is 40.4 Å². The van der Waals surface area contributed by atoms with Crippen LogP contribution in [-0.2, 0) is 17.2 Å². The van der Waals surface area contributed by atoms with Gasteiger partial charge in [-0.25, -0.2) is 4.98 Å². The van der Waals surface area contributed by atoms with Gasteiger partial charge >= 0.3 is 0 Å². The largest absolute Gasteiger partial charge is 0.352 e. The van der Waals surface area contributed by atoms with Gasteiger partial charge in [-0.05, 0) is 18.6 Å². The number of carbonyl (C=O) groups excluding carboxylic acids is 1. The van der Waals surface area contributed by atoms with E-state index in [0.717, 1.165) is 6.42 Å². The number of halogens is 1. The number of amides is 1. The van der Waals surface area contributed by atoms with Gasteiger partial charge in [-0.3, -0.25) is 14.2 Å². The topological polar surface area (TPSA) is 64.0 Å². The number of alkyl halides is 1. The van der Waals surface area contributed by atoms with E-state index in [-0.39, 0.29) is 23.4 Å². The molecule has 6 heteroatoms. The predicted molar refractivity (Wildman–Crippen MR) is 76.7 cm³/mol. The molecule has 1 aliphatic rings. The third-order valence-corrected chi connectivity index (χ3v) is 3.79. The maximum absolute atomic E-state index is 12.5. The Bertz CT molecular complexity index is 726. The Hall–Kier alpha value is -1.88. The average molecular weight is 292 g/mol. The first-order valence-electron chi connectivity index (χ1n) is 6.53. The molecule has 0 spiro atoms. The van der Waals surface area contributed by atoms with Crippen LogP contribution >= 0.6 is 11.6 Å². The maximum atomic E-state index is 12.5. The molecule has 3 rings (SSSR count). The lowest BCUT2D eigenvalue weighted by molar-refractivity contribution is -0.119. The van der Waals surface area contributed by atoms with Gasteiger partial charge in [-0.2, -0.15) is 0 Å². The lowest BCUT2D eigenvalue weighted by atomic mass is 10.2. The van der Waals surface area contributed by atoms with Gasteiger partial charge in [-0.1, -0.05) is 12.1 Å². The number of nitrogens with zero attached hydrogens (tertiary/aromatic N) is 2. The van der Waals surface area contributed by atoms with Crippen LogP contribution in [0.2, 0.25) is 0 Å². The van der Waals surface area contributed by atoms with E-state index in [9.17, 15) is 9.59 Å². The van der Waals surface area contributed by atoms with Crippen molar-refractivity contribution in [1.29, 1.82) is 0 Å². The second-order valence-corrected chi connectivity index (χ2v) is 5.16. The van der Waals surface area contributed by atoms with Crippen molar-refractivity contribution >= 4 is 28.4 Å². The van der Waals surface area contributed by atoms with Crippen molar-refractivity contribution in [2.45, 2.75) is 31.3 Å². The molecular weight excluding hydrogens is 278 g/mol. The minimum Gasteiger partial charge on any atom is -0.352 e. The molecule has 0 bridgehead atoms. The van der Waals surface area contributed by atoms with Crippen molar-refractivity contribution in [1.82, 2.24) is 14.9 Å². The molecule has 0 aliphatic carbocycles. The second-order valence-electron chi connectivity index (χ2n) is 4.90. The van der Waals surface area contributed by atoms with Gasteiger partial charge in [0.15, 0.2) is 0 Å². The number of hydrogen-bond acceptors (Lipinski definition) is 3. The monoisotopic (exact) mass is 291 g/mol. The molecule has 2 aromatic rings. The SMILES string of the molecule is O=C1CCC(Cn2c(CCl)nc3ccccc3c2=O)N1. The molecule has 1 aliphatic heterocycles. The highest BCUT2D eigenvalue weighted by molar-refractivity contribution is 6.16. The molecule has 1 atom stereocenters. The third kappa shape index (κ3) is 2.29. The summed E-state index contributed by atoms with van der Waals surface area (Å²) in [6.45, 7) is 0.421. The Kier molecular flexibility index (Phi) is 3.44. The first-order chi connectivity index (χ1) is 9.69. The molecule has 1 saturated heterocycles. The Balaban J connectivity index is 2.06. The lowest BCUT2D eigenvalue weighted by Gasteiger charge is -2.16. The van der Waals surface area contributed by atoms with Crippen molar-refractivity contribution in [3.8, 4) is 0 Å². The zero-order valence-electron chi connectivity index (χ0n) is 10.8. The van der Waals surface area contributed by atoms with Gasteiger partial charge < -0.3 is 5.32 Å². The summed E-state index contributed by atoms with van der Waals surface area (Å²) in [5.41, 5.74) is 0.548. The highest BCUT2D eigenvalue weighted by Crippen LogP contribution is 2.13. The van der Waals surface area contributed by atoms with Gasteiger partial charge in [0.1, 0.15) is 5.82 Å². The van der Waals surface area contributed by atoms with Crippen LogP contribution in [0.5, 0.6) is 0 Å². The third-order valence-electron chi connectivity index (χ3n) is 3.55. The highest BCUT2D eigenvalue weighted by Gasteiger charge is 2.22. The predicted octanol–water partition coefficient (Wildman–Crippen LogP) is 1.41. The summed E-state index contributed by atoms with van der Waals surface area (Å²) in [6.07, 6.45) is 1.25. The Morgan fingerprint density at radius 1 is 1.35 bits per heavy atom. The molecule has 20 heavy (non-hydrogen) atoms. The molecule has 1 aromatic heterocycles. The van der Waals surface area contributed by atoms with E-state index >= 15 is 0 Å². The van der Waals surface area contributed by atoms with E-state index in [2.05, 4.69) is 10.3 Å². The van der Waals surface area contributed by atoms with Crippen LogP contribution in [0.4, 0.5) is 0 Å². The quantitative estimate of drug-likeness (QED) is 0.870. The van der Waals surface area contributed by atoms with Gasteiger partial charge in [0.05, 0.1) is 16.8 Å². The van der Waals surface area contributed by atoms with Crippen molar-refractivity contribution < 1.29 is 4.79 Å². The van der Waals surface area contributed by atoms with Crippen LogP contribution in [0.3, 0.4) is 0 Å². The molecule has 0 radical (unpaired) electrons. The van der Waals surface area contributed by atoms with E-state index in [1.807, 2.05) is 12.1 Å². The fraction of sp³-hybridized carbons (Fsp3) is 0.357. The number of rotatable bonds is 3. The van der Waals surface area contributed by atoms with Crippen LogP contribution in [-0.4, -0.2) is 21.5 Å². The smallest absolute Gasteiger partial charge is 0.261 e. The summed E-state index contributed by atoms with van der Waals surface area (Å²) in [5, 5.41) is 3.43. The number of para-hydroxylation sites is 1. The first-order valence-corrected chi connectivity index (χ1v) is 7.06. The number of carbonyl (C=O) groups is 1. The van der Waals surface area contributed by atoms with E-state index in [1.54, 1.807) is 16.7 Å². The Labute approximate surface area is 120 Å². The molecular formula is C14H14ClN3O2. The standard InChI is InChI=1S/C14H14ClN3O2/c15-7-12-17-11-4-2-1-3-10(11)14(20)18(12)8-9-5-6-13(19)16-9/h1-4,9H,5-8H2,(H,16,19). The summed E-state index contributed by atoms with van der Waals surface area (Å²) >= 11 is 5.91. The molecule has 2 heterocycles. The van der Waals surface area contributed by atoms with Crippen molar-refractivity contribution in [2.24, 2.45) is 0 Å². The van der Waals surface area contributed by atoms with Gasteiger partial charge in [0.2, 0.25) is 5.91 Å². The minimum atomic E-state index is -0.104. The summed E-state index contributed by atoms with van der Waals surface area (Å²) in [4.78, 5) is 28.2. The Morgan fingerprint density at radius 2 is 2.15 bits per heavy atom. The van der Waals surface area contributed by atoms with Crippen LogP contribution in [0, 0.1) is 0 Å². The van der Waals surface area contributed by atoms with Crippen LogP contribution in [0.15, 0.2) is 29.1 Å². The fourth-order valence-electron chi connectivity index (χ4n) is 2.54. The molecule has 0 saturated carbocycles. The number of benzene rings is 1. The van der Waals surface area contributed by atoms with E-state index in [1.165, 1.54) is 0 Å². The maximum Gasteiger partial charge on any atom is 0.261 e. The summed E-state index contributed by atoms with van der Waals surface area (Å²) in [6, 6.07) is 7.19. The average Bonchev–Trinajstić information content (AvgIpc) is 2.87. The van der Waals surface area contributed by atoms with E-state index in [0.29, 0.717) is 29.7 Å². The summed E-state index contributed by atoms with van der Waals surface area (Å²) in [7, 11) is 0.